The number of halogens is 1. The van der Waals surface area contributed by atoms with Crippen LogP contribution < -0.4 is 14.9 Å². The van der Waals surface area contributed by atoms with Crippen LogP contribution in [0.4, 0.5) is 0 Å². The Morgan fingerprint density at radius 3 is 2.43 bits per heavy atom. The first-order valence-corrected chi connectivity index (χ1v) is 7.38. The van der Waals surface area contributed by atoms with E-state index in [-0.39, 0.29) is 23.2 Å². The Hall–Kier alpha value is -2.54. The molecule has 2 N–H and O–H groups in total. The Labute approximate surface area is 141 Å². The number of benzene rings is 2. The summed E-state index contributed by atoms with van der Waals surface area (Å²) in [4.78, 5) is 12.0. The standard InChI is InChI=1S/C16H15BrN2O4/c1-22-13-6-10(7-14(23-2)15(13)20)9-18-19-16(21)11-4-3-5-12(17)8-11/h3-9,20H,1-2H3,(H,19,21)/b18-9+. The van der Waals surface area contributed by atoms with E-state index in [1.165, 1.54) is 20.4 Å². The van der Waals surface area contributed by atoms with Gasteiger partial charge in [0.2, 0.25) is 5.75 Å². The summed E-state index contributed by atoms with van der Waals surface area (Å²) >= 11 is 3.30. The molecular weight excluding hydrogens is 364 g/mol. The summed E-state index contributed by atoms with van der Waals surface area (Å²) in [5.74, 6) is 0.0822. The predicted molar refractivity (Wildman–Crippen MR) is 90.4 cm³/mol. The number of phenols is 1. The first-order valence-electron chi connectivity index (χ1n) is 6.59. The topological polar surface area (TPSA) is 80.2 Å². The molecule has 0 saturated heterocycles. The normalized spacial score (nSPS) is 10.6. The van der Waals surface area contributed by atoms with Gasteiger partial charge in [0.05, 0.1) is 20.4 Å². The maximum Gasteiger partial charge on any atom is 0.271 e. The second-order valence-corrected chi connectivity index (χ2v) is 5.40. The van der Waals surface area contributed by atoms with Crippen LogP contribution in [-0.2, 0) is 0 Å². The zero-order valence-corrected chi connectivity index (χ0v) is 14.1. The van der Waals surface area contributed by atoms with E-state index in [0.29, 0.717) is 11.1 Å². The van der Waals surface area contributed by atoms with Crippen molar-refractivity contribution < 1.29 is 19.4 Å². The van der Waals surface area contributed by atoms with Gasteiger partial charge in [0, 0.05) is 15.6 Å². The van der Waals surface area contributed by atoms with Gasteiger partial charge in [0.15, 0.2) is 11.5 Å². The van der Waals surface area contributed by atoms with Crippen LogP contribution in [0, 0.1) is 0 Å². The molecule has 0 saturated carbocycles. The highest BCUT2D eigenvalue weighted by Crippen LogP contribution is 2.36. The summed E-state index contributed by atoms with van der Waals surface area (Å²) in [6.07, 6.45) is 1.43. The number of rotatable bonds is 5. The molecule has 0 bridgehead atoms. The molecule has 6 nitrogen and oxygen atoms in total. The molecular formula is C16H15BrN2O4. The molecule has 0 atom stereocenters. The number of methoxy groups -OCH3 is 2. The molecule has 0 radical (unpaired) electrons. The highest BCUT2D eigenvalue weighted by Gasteiger charge is 2.10. The van der Waals surface area contributed by atoms with Gasteiger partial charge in [-0.15, -0.1) is 0 Å². The van der Waals surface area contributed by atoms with Crippen molar-refractivity contribution in [3.63, 3.8) is 0 Å². The van der Waals surface area contributed by atoms with Crippen LogP contribution in [0.5, 0.6) is 17.2 Å². The van der Waals surface area contributed by atoms with E-state index >= 15 is 0 Å². The molecule has 0 aliphatic heterocycles. The number of aromatic hydroxyl groups is 1. The number of nitrogens with one attached hydrogen (secondary N) is 1. The Morgan fingerprint density at radius 1 is 1.22 bits per heavy atom. The van der Waals surface area contributed by atoms with Gasteiger partial charge in [0.1, 0.15) is 0 Å². The Kier molecular flexibility index (Phi) is 5.59. The Balaban J connectivity index is 2.13. The van der Waals surface area contributed by atoms with Crippen LogP contribution in [-0.4, -0.2) is 31.4 Å². The van der Waals surface area contributed by atoms with Gasteiger partial charge in [-0.1, -0.05) is 22.0 Å². The lowest BCUT2D eigenvalue weighted by Crippen LogP contribution is -2.17. The zero-order chi connectivity index (χ0) is 16.8. The fourth-order valence-electron chi connectivity index (χ4n) is 1.85. The highest BCUT2D eigenvalue weighted by atomic mass is 79.9. The molecule has 0 unspecified atom stereocenters. The lowest BCUT2D eigenvalue weighted by atomic mass is 10.2. The smallest absolute Gasteiger partial charge is 0.271 e. The molecule has 1 amide bonds. The molecule has 0 fully saturated rings. The number of phenolic OH excluding ortho intramolecular Hbond substituents is 1. The van der Waals surface area contributed by atoms with Gasteiger partial charge in [-0.25, -0.2) is 5.43 Å². The lowest BCUT2D eigenvalue weighted by molar-refractivity contribution is 0.0955. The Morgan fingerprint density at radius 2 is 1.87 bits per heavy atom. The fraction of sp³-hybridized carbons (Fsp3) is 0.125. The molecule has 120 valence electrons. The van der Waals surface area contributed by atoms with Crippen LogP contribution in [0.15, 0.2) is 46.0 Å². The van der Waals surface area contributed by atoms with E-state index in [9.17, 15) is 9.90 Å². The molecule has 0 aromatic heterocycles. The third-order valence-electron chi connectivity index (χ3n) is 2.97. The molecule has 0 aliphatic rings. The minimum atomic E-state index is -0.333. The number of hydrogen-bond donors (Lipinski definition) is 2. The summed E-state index contributed by atoms with van der Waals surface area (Å²) in [7, 11) is 2.87. The molecule has 2 aromatic rings. The van der Waals surface area contributed by atoms with Gasteiger partial charge in [0.25, 0.3) is 5.91 Å². The lowest BCUT2D eigenvalue weighted by Gasteiger charge is -2.09. The van der Waals surface area contributed by atoms with Crippen LogP contribution in [0.2, 0.25) is 0 Å². The summed E-state index contributed by atoms with van der Waals surface area (Å²) in [6, 6.07) is 10.1. The zero-order valence-electron chi connectivity index (χ0n) is 12.5. The molecule has 0 heterocycles. The molecule has 2 aromatic carbocycles. The number of amides is 1. The van der Waals surface area contributed by atoms with Crippen molar-refractivity contribution >= 4 is 28.1 Å². The number of hydrazone groups is 1. The van der Waals surface area contributed by atoms with E-state index in [2.05, 4.69) is 26.5 Å². The SMILES string of the molecule is COc1cc(/C=N/NC(=O)c2cccc(Br)c2)cc(OC)c1O. The van der Waals surface area contributed by atoms with E-state index in [4.69, 9.17) is 9.47 Å². The fourth-order valence-corrected chi connectivity index (χ4v) is 2.25. The van der Waals surface area contributed by atoms with Crippen LogP contribution in [0.25, 0.3) is 0 Å². The molecule has 0 aliphatic carbocycles. The number of carbonyl (C=O) groups is 1. The minimum absolute atomic E-state index is 0.0923. The average molecular weight is 379 g/mol. The van der Waals surface area contributed by atoms with Gasteiger partial charge in [-0.3, -0.25) is 4.79 Å². The third-order valence-corrected chi connectivity index (χ3v) is 3.46. The van der Waals surface area contributed by atoms with E-state index in [1.807, 2.05) is 6.07 Å². The summed E-state index contributed by atoms with van der Waals surface area (Å²) in [5.41, 5.74) is 3.52. The summed E-state index contributed by atoms with van der Waals surface area (Å²) in [5, 5.41) is 13.7. The van der Waals surface area contributed by atoms with Crippen molar-refractivity contribution in [2.45, 2.75) is 0 Å². The monoisotopic (exact) mass is 378 g/mol. The van der Waals surface area contributed by atoms with Gasteiger partial charge < -0.3 is 14.6 Å². The largest absolute Gasteiger partial charge is 0.502 e. The van der Waals surface area contributed by atoms with Gasteiger partial charge in [-0.2, -0.15) is 5.10 Å². The number of carbonyl (C=O) groups excluding carboxylic acids is 1. The first kappa shape index (κ1) is 16.8. The van der Waals surface area contributed by atoms with Gasteiger partial charge >= 0.3 is 0 Å². The van der Waals surface area contributed by atoms with Crippen LogP contribution >= 0.6 is 15.9 Å². The molecule has 0 spiro atoms. The maximum absolute atomic E-state index is 12.0. The first-order chi connectivity index (χ1) is 11.0. The van der Waals surface area contributed by atoms with Crippen LogP contribution in [0.3, 0.4) is 0 Å². The molecule has 2 rings (SSSR count). The summed E-state index contributed by atoms with van der Waals surface area (Å²) < 4.78 is 10.9. The number of ether oxygens (including phenoxy) is 2. The third kappa shape index (κ3) is 4.23. The van der Waals surface area contributed by atoms with Crippen molar-refractivity contribution in [3.8, 4) is 17.2 Å². The van der Waals surface area contributed by atoms with Crippen LogP contribution in [0.1, 0.15) is 15.9 Å². The molecule has 23 heavy (non-hydrogen) atoms. The second-order valence-electron chi connectivity index (χ2n) is 4.48. The van der Waals surface area contributed by atoms with Crippen molar-refractivity contribution in [1.82, 2.24) is 5.43 Å². The van der Waals surface area contributed by atoms with E-state index < -0.39 is 0 Å². The van der Waals surface area contributed by atoms with Gasteiger partial charge in [-0.05, 0) is 30.3 Å². The highest BCUT2D eigenvalue weighted by molar-refractivity contribution is 9.10. The van der Waals surface area contributed by atoms with Crippen molar-refractivity contribution in [2.24, 2.45) is 5.10 Å². The maximum atomic E-state index is 12.0. The number of nitrogens with zero attached hydrogens (tertiary/aromatic N) is 1. The van der Waals surface area contributed by atoms with E-state index in [0.717, 1.165) is 4.47 Å². The Bertz CT molecular complexity index is 722. The number of hydrogen-bond acceptors (Lipinski definition) is 5. The summed E-state index contributed by atoms with van der Waals surface area (Å²) in [6.45, 7) is 0. The average Bonchev–Trinajstić information content (AvgIpc) is 2.55. The second kappa shape index (κ2) is 7.64. The van der Waals surface area contributed by atoms with Crippen molar-refractivity contribution in [2.75, 3.05) is 14.2 Å². The quantitative estimate of drug-likeness (QED) is 0.619. The minimum Gasteiger partial charge on any atom is -0.502 e. The van der Waals surface area contributed by atoms with Crippen molar-refractivity contribution in [3.05, 3.63) is 52.0 Å². The van der Waals surface area contributed by atoms with E-state index in [1.54, 1.807) is 30.3 Å². The van der Waals surface area contributed by atoms with Crippen molar-refractivity contribution in [1.29, 1.82) is 0 Å². The molecule has 7 heteroatoms. The predicted octanol–water partition coefficient (Wildman–Crippen LogP) is 2.94.